The van der Waals surface area contributed by atoms with Crippen LogP contribution in [0.4, 0.5) is 0 Å². The van der Waals surface area contributed by atoms with Crippen LogP contribution in [0.2, 0.25) is 0 Å². The summed E-state index contributed by atoms with van der Waals surface area (Å²) in [4.78, 5) is 3.95. The largest absolute Gasteiger partial charge is 0.362 e. The molecule has 0 atom stereocenters. The highest BCUT2D eigenvalue weighted by Gasteiger charge is 2.13. The smallest absolute Gasteiger partial charge is 0.213 e. The first-order valence-electron chi connectivity index (χ1n) is 6.14. The Balaban J connectivity index is 1.60. The van der Waals surface area contributed by atoms with Crippen LogP contribution in [0.3, 0.4) is 0 Å². The fourth-order valence-corrected chi connectivity index (χ4v) is 2.34. The third kappa shape index (κ3) is 4.30. The number of hydrogen-bond acceptors (Lipinski definition) is 4. The van der Waals surface area contributed by atoms with Crippen LogP contribution in [0.25, 0.3) is 0 Å². The van der Waals surface area contributed by atoms with Gasteiger partial charge in [0.15, 0.2) is 10.9 Å². The summed E-state index contributed by atoms with van der Waals surface area (Å²) in [6.45, 7) is 0.734. The quantitative estimate of drug-likeness (QED) is 0.792. The molecule has 1 aliphatic rings. The van der Waals surface area contributed by atoms with Gasteiger partial charge in [0.05, 0.1) is 0 Å². The van der Waals surface area contributed by atoms with Gasteiger partial charge in [0.2, 0.25) is 6.39 Å². The van der Waals surface area contributed by atoms with Crippen molar-refractivity contribution in [2.75, 3.05) is 6.54 Å². The highest BCUT2D eigenvalue weighted by Crippen LogP contribution is 2.17. The van der Waals surface area contributed by atoms with Crippen molar-refractivity contribution >= 4 is 17.3 Å². The van der Waals surface area contributed by atoms with E-state index in [2.05, 4.69) is 25.3 Å². The molecule has 0 spiro atoms. The van der Waals surface area contributed by atoms with Gasteiger partial charge >= 0.3 is 0 Å². The van der Waals surface area contributed by atoms with E-state index in [1.165, 1.54) is 38.5 Å². The highest BCUT2D eigenvalue weighted by molar-refractivity contribution is 7.80. The average molecular weight is 254 g/mol. The van der Waals surface area contributed by atoms with E-state index in [0.29, 0.717) is 11.9 Å². The molecule has 1 aromatic heterocycles. The summed E-state index contributed by atoms with van der Waals surface area (Å²) in [7, 11) is 0. The second kappa shape index (κ2) is 6.54. The molecule has 0 bridgehead atoms. The summed E-state index contributed by atoms with van der Waals surface area (Å²) in [5.41, 5.74) is 0. The molecule has 17 heavy (non-hydrogen) atoms. The van der Waals surface area contributed by atoms with Gasteiger partial charge in [0.1, 0.15) is 0 Å². The summed E-state index contributed by atoms with van der Waals surface area (Å²) >= 11 is 5.24. The van der Waals surface area contributed by atoms with Crippen molar-refractivity contribution in [3.05, 3.63) is 12.2 Å². The van der Waals surface area contributed by atoms with Gasteiger partial charge in [-0.1, -0.05) is 24.4 Å². The minimum atomic E-state index is 0.550. The van der Waals surface area contributed by atoms with Gasteiger partial charge < -0.3 is 15.2 Å². The summed E-state index contributed by atoms with van der Waals surface area (Å²) < 4.78 is 4.66. The standard InChI is InChI=1S/C11H18N4OS/c17-11(14-9-4-2-1-3-5-9)12-7-6-10-13-8-16-15-10/h8-9H,1-7H2,(H2,12,14,17). The van der Waals surface area contributed by atoms with E-state index in [1.807, 2.05) is 0 Å². The van der Waals surface area contributed by atoms with Gasteiger partial charge in [-0.2, -0.15) is 4.98 Å². The molecule has 0 amide bonds. The van der Waals surface area contributed by atoms with Crippen LogP contribution < -0.4 is 10.6 Å². The Labute approximate surface area is 106 Å². The Bertz CT molecular complexity index is 335. The molecule has 5 nitrogen and oxygen atoms in total. The molecule has 0 aliphatic heterocycles. The fraction of sp³-hybridized carbons (Fsp3) is 0.727. The summed E-state index contributed by atoms with van der Waals surface area (Å²) in [6.07, 6.45) is 8.50. The van der Waals surface area contributed by atoms with Crippen LogP contribution in [0.15, 0.2) is 10.9 Å². The van der Waals surface area contributed by atoms with Crippen molar-refractivity contribution in [3.8, 4) is 0 Å². The average Bonchev–Trinajstić information content (AvgIpc) is 2.83. The Morgan fingerprint density at radius 1 is 1.41 bits per heavy atom. The van der Waals surface area contributed by atoms with E-state index in [-0.39, 0.29) is 0 Å². The van der Waals surface area contributed by atoms with Gasteiger partial charge in [0, 0.05) is 19.0 Å². The number of thiocarbonyl (C=S) groups is 1. The molecule has 94 valence electrons. The lowest BCUT2D eigenvalue weighted by molar-refractivity contribution is 0.408. The molecular weight excluding hydrogens is 236 g/mol. The predicted octanol–water partition coefficient (Wildman–Crippen LogP) is 1.41. The van der Waals surface area contributed by atoms with Crippen molar-refractivity contribution in [2.24, 2.45) is 0 Å². The van der Waals surface area contributed by atoms with Crippen LogP contribution in [-0.2, 0) is 6.42 Å². The molecule has 0 unspecified atom stereocenters. The highest BCUT2D eigenvalue weighted by atomic mass is 32.1. The Kier molecular flexibility index (Phi) is 4.73. The van der Waals surface area contributed by atoms with Gasteiger partial charge in [-0.05, 0) is 25.1 Å². The van der Waals surface area contributed by atoms with Crippen LogP contribution in [0.5, 0.6) is 0 Å². The Morgan fingerprint density at radius 3 is 2.94 bits per heavy atom. The zero-order valence-electron chi connectivity index (χ0n) is 9.82. The number of nitrogens with one attached hydrogen (secondary N) is 2. The van der Waals surface area contributed by atoms with Crippen LogP contribution in [0, 0.1) is 0 Å². The lowest BCUT2D eigenvalue weighted by atomic mass is 9.96. The lowest BCUT2D eigenvalue weighted by Gasteiger charge is -2.24. The third-order valence-corrected chi connectivity index (χ3v) is 3.24. The molecule has 2 N–H and O–H groups in total. The molecule has 6 heteroatoms. The molecule has 2 rings (SSSR count). The first kappa shape index (κ1) is 12.3. The molecule has 0 saturated heterocycles. The molecule has 0 aromatic carbocycles. The molecule has 1 aromatic rings. The number of hydrogen-bond donors (Lipinski definition) is 2. The fourth-order valence-electron chi connectivity index (χ4n) is 2.07. The van der Waals surface area contributed by atoms with Crippen molar-refractivity contribution in [1.82, 2.24) is 20.8 Å². The van der Waals surface area contributed by atoms with Crippen molar-refractivity contribution in [1.29, 1.82) is 0 Å². The normalized spacial score (nSPS) is 16.7. The number of aromatic nitrogens is 2. The summed E-state index contributed by atoms with van der Waals surface area (Å²) in [5, 5.41) is 11.0. The van der Waals surface area contributed by atoms with Crippen LogP contribution in [-0.4, -0.2) is 27.8 Å². The van der Waals surface area contributed by atoms with Gasteiger partial charge in [-0.3, -0.25) is 0 Å². The van der Waals surface area contributed by atoms with E-state index in [0.717, 1.165) is 18.1 Å². The van der Waals surface area contributed by atoms with Crippen LogP contribution >= 0.6 is 12.2 Å². The number of nitrogens with zero attached hydrogens (tertiary/aromatic N) is 2. The van der Waals surface area contributed by atoms with Crippen LogP contribution in [0.1, 0.15) is 37.9 Å². The first-order valence-corrected chi connectivity index (χ1v) is 6.55. The minimum absolute atomic E-state index is 0.550. The van der Waals surface area contributed by atoms with Crippen molar-refractivity contribution < 1.29 is 4.52 Å². The topological polar surface area (TPSA) is 63.0 Å². The van der Waals surface area contributed by atoms with Gasteiger partial charge in [0.25, 0.3) is 0 Å². The zero-order valence-corrected chi connectivity index (χ0v) is 10.6. The molecule has 1 aliphatic carbocycles. The second-order valence-electron chi connectivity index (χ2n) is 4.33. The molecule has 0 radical (unpaired) electrons. The molecule has 1 saturated carbocycles. The van der Waals surface area contributed by atoms with E-state index in [9.17, 15) is 0 Å². The zero-order chi connectivity index (χ0) is 11.9. The summed E-state index contributed by atoms with van der Waals surface area (Å²) in [6, 6.07) is 0.550. The van der Waals surface area contributed by atoms with Crippen molar-refractivity contribution in [2.45, 2.75) is 44.6 Å². The monoisotopic (exact) mass is 254 g/mol. The van der Waals surface area contributed by atoms with Gasteiger partial charge in [-0.15, -0.1) is 0 Å². The third-order valence-electron chi connectivity index (χ3n) is 2.98. The van der Waals surface area contributed by atoms with E-state index < -0.39 is 0 Å². The minimum Gasteiger partial charge on any atom is -0.362 e. The van der Waals surface area contributed by atoms with Crippen molar-refractivity contribution in [3.63, 3.8) is 0 Å². The Morgan fingerprint density at radius 2 is 2.24 bits per heavy atom. The molecule has 1 fully saturated rings. The Hall–Kier alpha value is -1.17. The molecular formula is C11H18N4OS. The maximum Gasteiger partial charge on any atom is 0.213 e. The first-order chi connectivity index (χ1) is 8.34. The van der Waals surface area contributed by atoms with E-state index in [4.69, 9.17) is 12.2 Å². The SMILES string of the molecule is S=C(NCCc1ncon1)NC1CCCCC1. The van der Waals surface area contributed by atoms with Gasteiger partial charge in [-0.25, -0.2) is 0 Å². The number of rotatable bonds is 4. The lowest BCUT2D eigenvalue weighted by Crippen LogP contribution is -2.43. The van der Waals surface area contributed by atoms with E-state index in [1.54, 1.807) is 0 Å². The maximum atomic E-state index is 5.24. The predicted molar refractivity (Wildman–Crippen MR) is 68.6 cm³/mol. The second-order valence-corrected chi connectivity index (χ2v) is 4.74. The van der Waals surface area contributed by atoms with E-state index >= 15 is 0 Å². The maximum absolute atomic E-state index is 5.24. The molecule has 1 heterocycles. The summed E-state index contributed by atoms with van der Waals surface area (Å²) in [5.74, 6) is 0.706.